The fourth-order valence-electron chi connectivity index (χ4n) is 4.58. The number of aryl methyl sites for hydroxylation is 1. The zero-order valence-corrected chi connectivity index (χ0v) is 21.2. The summed E-state index contributed by atoms with van der Waals surface area (Å²) < 4.78 is 23.6. The van der Waals surface area contributed by atoms with Crippen LogP contribution in [0.4, 0.5) is 21.6 Å². The van der Waals surface area contributed by atoms with Crippen molar-refractivity contribution in [2.75, 3.05) is 29.9 Å². The first kappa shape index (κ1) is 24.7. The van der Waals surface area contributed by atoms with Crippen molar-refractivity contribution in [2.24, 2.45) is 0 Å². The topological polar surface area (TPSA) is 92.5 Å². The zero-order chi connectivity index (χ0) is 24.6. The summed E-state index contributed by atoms with van der Waals surface area (Å²) in [6.45, 7) is 6.42. The van der Waals surface area contributed by atoms with E-state index < -0.39 is 0 Å². The monoisotopic (exact) mass is 520 g/mol. The second kappa shape index (κ2) is 10.2. The molecule has 0 saturated carbocycles. The highest BCUT2D eigenvalue weighted by Gasteiger charge is 2.23. The largest absolute Gasteiger partial charge is 0.457 e. The minimum absolute atomic E-state index is 0. The molecule has 2 N–H and O–H groups in total. The SMILES string of the molecule is Cc1cc(Nc2ncnc3ccc(N4CCNCC4C)c(F)c23)ccc1Oc1ccn2ncnc2c1.Cl. The van der Waals surface area contributed by atoms with Gasteiger partial charge in [-0.2, -0.15) is 5.10 Å². The lowest BCUT2D eigenvalue weighted by molar-refractivity contribution is 0.478. The molecule has 1 fully saturated rings. The van der Waals surface area contributed by atoms with Gasteiger partial charge in [-0.1, -0.05) is 0 Å². The Labute approximate surface area is 219 Å². The Hall–Kier alpha value is -4.02. The Kier molecular flexibility index (Phi) is 6.77. The van der Waals surface area contributed by atoms with E-state index in [1.165, 1.54) is 12.7 Å². The third kappa shape index (κ3) is 4.73. The molecule has 1 saturated heterocycles. The van der Waals surface area contributed by atoms with E-state index in [2.05, 4.69) is 42.5 Å². The van der Waals surface area contributed by atoms with Crippen molar-refractivity contribution in [1.29, 1.82) is 0 Å². The number of piperazine rings is 1. The number of rotatable bonds is 5. The number of halogens is 2. The van der Waals surface area contributed by atoms with Crippen LogP contribution < -0.4 is 20.3 Å². The molecule has 2 aromatic carbocycles. The molecule has 9 nitrogen and oxygen atoms in total. The number of hydrogen-bond acceptors (Lipinski definition) is 8. The predicted molar refractivity (Wildman–Crippen MR) is 144 cm³/mol. The van der Waals surface area contributed by atoms with Gasteiger partial charge >= 0.3 is 0 Å². The molecule has 0 amide bonds. The van der Waals surface area contributed by atoms with Crippen LogP contribution in [0.2, 0.25) is 0 Å². The molecule has 0 bridgehead atoms. The summed E-state index contributed by atoms with van der Waals surface area (Å²) in [4.78, 5) is 14.9. The molecule has 0 spiro atoms. The summed E-state index contributed by atoms with van der Waals surface area (Å²) in [5.74, 6) is 1.48. The smallest absolute Gasteiger partial charge is 0.159 e. The normalized spacial score (nSPS) is 15.5. The molecule has 0 aliphatic carbocycles. The molecule has 1 aliphatic heterocycles. The van der Waals surface area contributed by atoms with Crippen LogP contribution in [0.15, 0.2) is 61.3 Å². The summed E-state index contributed by atoms with van der Waals surface area (Å²) in [6, 6.07) is 13.2. The fourth-order valence-corrected chi connectivity index (χ4v) is 4.58. The summed E-state index contributed by atoms with van der Waals surface area (Å²) in [5.41, 5.74) is 3.51. The van der Waals surface area contributed by atoms with Crippen LogP contribution in [0.3, 0.4) is 0 Å². The van der Waals surface area contributed by atoms with Crippen molar-refractivity contribution in [2.45, 2.75) is 19.9 Å². The molecule has 1 aliphatic rings. The number of benzene rings is 2. The van der Waals surface area contributed by atoms with Gasteiger partial charge in [-0.05, 0) is 55.8 Å². The third-order valence-electron chi connectivity index (χ3n) is 6.45. The van der Waals surface area contributed by atoms with E-state index in [0.29, 0.717) is 39.6 Å². The van der Waals surface area contributed by atoms with Gasteiger partial charge < -0.3 is 20.3 Å². The molecule has 3 aromatic heterocycles. The van der Waals surface area contributed by atoms with Gasteiger partial charge in [-0.15, -0.1) is 12.4 Å². The second-order valence-corrected chi connectivity index (χ2v) is 8.89. The number of nitrogens with one attached hydrogen (secondary N) is 2. The van der Waals surface area contributed by atoms with Crippen LogP contribution in [0.5, 0.6) is 11.5 Å². The number of pyridine rings is 1. The van der Waals surface area contributed by atoms with E-state index >= 15 is 4.39 Å². The maximum absolute atomic E-state index is 15.9. The van der Waals surface area contributed by atoms with E-state index in [-0.39, 0.29) is 24.3 Å². The Balaban J connectivity index is 0.00000280. The highest BCUT2D eigenvalue weighted by atomic mass is 35.5. The van der Waals surface area contributed by atoms with Gasteiger partial charge in [0.05, 0.1) is 16.6 Å². The van der Waals surface area contributed by atoms with Gasteiger partial charge in [0, 0.05) is 43.6 Å². The van der Waals surface area contributed by atoms with E-state index in [1.54, 1.807) is 10.7 Å². The summed E-state index contributed by atoms with van der Waals surface area (Å²) in [5, 5.41) is 11.1. The molecule has 1 unspecified atom stereocenters. The first-order valence-corrected chi connectivity index (χ1v) is 11.8. The highest BCUT2D eigenvalue weighted by molar-refractivity contribution is 5.94. The van der Waals surface area contributed by atoms with Gasteiger partial charge in [0.15, 0.2) is 11.5 Å². The van der Waals surface area contributed by atoms with Gasteiger partial charge in [0.25, 0.3) is 0 Å². The van der Waals surface area contributed by atoms with Crippen molar-refractivity contribution >= 4 is 46.1 Å². The standard InChI is InChI=1S/C26H25FN8O.ClH/c1-16-11-18(3-6-22(16)36-19-7-9-35-23(12-19)30-15-32-35)33-26-24-20(29-14-31-26)4-5-21(25(24)27)34-10-8-28-13-17(34)2;/h3-7,9,11-12,14-15,17,28H,8,10,13H2,1-2H3,(H,29,31,33);1H. The maximum atomic E-state index is 15.9. The number of ether oxygens (including phenoxy) is 1. The summed E-state index contributed by atoms with van der Waals surface area (Å²) >= 11 is 0. The Morgan fingerprint density at radius 3 is 2.81 bits per heavy atom. The molecule has 37 heavy (non-hydrogen) atoms. The minimum Gasteiger partial charge on any atom is -0.457 e. The highest BCUT2D eigenvalue weighted by Crippen LogP contribution is 2.34. The molecule has 5 aromatic rings. The lowest BCUT2D eigenvalue weighted by atomic mass is 10.1. The average molecular weight is 521 g/mol. The van der Waals surface area contributed by atoms with E-state index in [0.717, 1.165) is 30.9 Å². The molecule has 1 atom stereocenters. The Bertz CT molecular complexity index is 1580. The molecule has 0 radical (unpaired) electrons. The van der Waals surface area contributed by atoms with Crippen molar-refractivity contribution < 1.29 is 9.13 Å². The predicted octanol–water partition coefficient (Wildman–Crippen LogP) is 4.88. The lowest BCUT2D eigenvalue weighted by Crippen LogP contribution is -2.50. The van der Waals surface area contributed by atoms with E-state index in [9.17, 15) is 0 Å². The van der Waals surface area contributed by atoms with Crippen molar-refractivity contribution in [3.8, 4) is 11.5 Å². The Morgan fingerprint density at radius 1 is 1.08 bits per heavy atom. The van der Waals surface area contributed by atoms with Crippen LogP contribution >= 0.6 is 12.4 Å². The fraction of sp³-hybridized carbons (Fsp3) is 0.231. The van der Waals surface area contributed by atoms with E-state index in [1.807, 2.05) is 49.4 Å². The van der Waals surface area contributed by atoms with Gasteiger partial charge in [0.2, 0.25) is 0 Å². The van der Waals surface area contributed by atoms with Crippen LogP contribution in [0.25, 0.3) is 16.6 Å². The lowest BCUT2D eigenvalue weighted by Gasteiger charge is -2.36. The van der Waals surface area contributed by atoms with Crippen molar-refractivity contribution in [1.82, 2.24) is 29.9 Å². The number of anilines is 3. The molecule has 4 heterocycles. The third-order valence-corrected chi connectivity index (χ3v) is 6.45. The van der Waals surface area contributed by atoms with Gasteiger partial charge in [-0.3, -0.25) is 0 Å². The van der Waals surface area contributed by atoms with Crippen molar-refractivity contribution in [3.63, 3.8) is 0 Å². The minimum atomic E-state index is -0.315. The molecule has 11 heteroatoms. The zero-order valence-electron chi connectivity index (χ0n) is 20.3. The first-order chi connectivity index (χ1) is 17.6. The molecular weight excluding hydrogens is 495 g/mol. The maximum Gasteiger partial charge on any atom is 0.159 e. The van der Waals surface area contributed by atoms with Crippen LogP contribution in [-0.4, -0.2) is 50.2 Å². The number of aromatic nitrogens is 5. The van der Waals surface area contributed by atoms with Crippen LogP contribution in [0.1, 0.15) is 12.5 Å². The van der Waals surface area contributed by atoms with Crippen LogP contribution in [-0.2, 0) is 0 Å². The average Bonchev–Trinajstić information content (AvgIpc) is 3.35. The summed E-state index contributed by atoms with van der Waals surface area (Å²) in [7, 11) is 0. The number of hydrogen-bond donors (Lipinski definition) is 2. The van der Waals surface area contributed by atoms with Crippen molar-refractivity contribution in [3.05, 3.63) is 72.7 Å². The molecular formula is C26H26ClFN8O. The van der Waals surface area contributed by atoms with Gasteiger partial charge in [0.1, 0.15) is 30.0 Å². The molecule has 190 valence electrons. The van der Waals surface area contributed by atoms with Crippen LogP contribution in [0, 0.1) is 12.7 Å². The number of fused-ring (bicyclic) bond motifs is 2. The van der Waals surface area contributed by atoms with Gasteiger partial charge in [-0.25, -0.2) is 23.9 Å². The molecule has 6 rings (SSSR count). The second-order valence-electron chi connectivity index (χ2n) is 8.89. The number of nitrogens with zero attached hydrogens (tertiary/aromatic N) is 6. The Morgan fingerprint density at radius 2 is 1.97 bits per heavy atom. The summed E-state index contributed by atoms with van der Waals surface area (Å²) in [6.07, 6.45) is 4.74. The quantitative estimate of drug-likeness (QED) is 0.339. The van der Waals surface area contributed by atoms with E-state index in [4.69, 9.17) is 4.74 Å². The first-order valence-electron chi connectivity index (χ1n) is 11.8.